The number of alkyl halides is 2. The molecule has 9 nitrogen and oxygen atoms in total. The highest BCUT2D eigenvalue weighted by Gasteiger charge is 2.47. The summed E-state index contributed by atoms with van der Waals surface area (Å²) in [4.78, 5) is 38.3. The summed E-state index contributed by atoms with van der Waals surface area (Å²) in [5.41, 5.74) is -0.483. The molecule has 0 spiro atoms. The van der Waals surface area contributed by atoms with Gasteiger partial charge in [-0.1, -0.05) is 0 Å². The van der Waals surface area contributed by atoms with Crippen molar-refractivity contribution < 1.29 is 32.3 Å². The quantitative estimate of drug-likeness (QED) is 0.656. The molecule has 190 valence electrons. The molecule has 2 saturated heterocycles. The highest BCUT2D eigenvalue weighted by atomic mass is 19.3. The first kappa shape index (κ1) is 25.0. The molecule has 1 N–H and O–H groups in total. The fourth-order valence-electron chi connectivity index (χ4n) is 4.59. The molecule has 12 heteroatoms. The molecular formula is C23H28F3N5O4. The molecule has 4 rings (SSSR count). The van der Waals surface area contributed by atoms with Crippen molar-refractivity contribution in [2.75, 3.05) is 31.1 Å². The number of carbonyl (C=O) groups is 3. The van der Waals surface area contributed by atoms with Gasteiger partial charge in [0.15, 0.2) is 5.82 Å². The number of esters is 1. The number of aryl methyl sites for hydroxylation is 1. The van der Waals surface area contributed by atoms with Crippen molar-refractivity contribution in [2.45, 2.75) is 51.1 Å². The van der Waals surface area contributed by atoms with Crippen LogP contribution in [0.15, 0.2) is 12.1 Å². The van der Waals surface area contributed by atoms with Crippen LogP contribution in [0.2, 0.25) is 0 Å². The van der Waals surface area contributed by atoms with Crippen LogP contribution in [0, 0.1) is 5.82 Å². The Bertz CT molecular complexity index is 1190. The molecule has 0 aliphatic carbocycles. The first-order valence-electron chi connectivity index (χ1n) is 11.3. The van der Waals surface area contributed by atoms with Crippen molar-refractivity contribution in [2.24, 2.45) is 7.05 Å². The summed E-state index contributed by atoms with van der Waals surface area (Å²) in [6, 6.07) is 1.78. The lowest BCUT2D eigenvalue weighted by molar-refractivity contribution is -0.159. The maximum absolute atomic E-state index is 15.2. The molecule has 2 aliphatic heterocycles. The van der Waals surface area contributed by atoms with Gasteiger partial charge in [-0.25, -0.2) is 18.0 Å². The van der Waals surface area contributed by atoms with E-state index in [1.807, 2.05) is 0 Å². The number of piperidine rings is 1. The number of rotatable bonds is 4. The van der Waals surface area contributed by atoms with Crippen LogP contribution in [0.5, 0.6) is 0 Å². The Kier molecular flexibility index (Phi) is 6.28. The lowest BCUT2D eigenvalue weighted by atomic mass is 9.85. The number of carbonyl (C=O) groups excluding carboxylic acids is 3. The predicted molar refractivity (Wildman–Crippen MR) is 121 cm³/mol. The number of halogens is 3. The van der Waals surface area contributed by atoms with E-state index in [9.17, 15) is 14.4 Å². The Morgan fingerprint density at radius 1 is 1.26 bits per heavy atom. The number of benzene rings is 1. The molecule has 3 amide bonds. The van der Waals surface area contributed by atoms with E-state index in [4.69, 9.17) is 4.74 Å². The summed E-state index contributed by atoms with van der Waals surface area (Å²) >= 11 is 0. The second-order valence-electron chi connectivity index (χ2n) is 9.99. The number of aromatic nitrogens is 2. The fraction of sp³-hybridized carbons (Fsp3) is 0.565. The van der Waals surface area contributed by atoms with Gasteiger partial charge in [0.1, 0.15) is 11.4 Å². The van der Waals surface area contributed by atoms with Crippen molar-refractivity contribution in [3.8, 4) is 0 Å². The number of hydrogen-bond acceptors (Lipinski definition) is 6. The minimum atomic E-state index is -3.29. The van der Waals surface area contributed by atoms with Gasteiger partial charge in [-0.3, -0.25) is 29.4 Å². The number of imide groups is 1. The van der Waals surface area contributed by atoms with E-state index in [-0.39, 0.29) is 49.2 Å². The van der Waals surface area contributed by atoms with Crippen LogP contribution in [-0.4, -0.2) is 70.3 Å². The molecule has 2 fully saturated rings. The van der Waals surface area contributed by atoms with Crippen LogP contribution >= 0.6 is 0 Å². The first-order chi connectivity index (χ1) is 16.2. The number of hydrogen-bond donors (Lipinski definition) is 1. The van der Waals surface area contributed by atoms with Gasteiger partial charge in [0, 0.05) is 25.4 Å². The van der Waals surface area contributed by atoms with Crippen molar-refractivity contribution >= 4 is 34.6 Å². The Hall–Kier alpha value is -3.15. The Morgan fingerprint density at radius 2 is 1.97 bits per heavy atom. The molecule has 35 heavy (non-hydrogen) atoms. The van der Waals surface area contributed by atoms with Gasteiger partial charge in [-0.05, 0) is 51.4 Å². The van der Waals surface area contributed by atoms with Gasteiger partial charge in [0.2, 0.25) is 5.91 Å². The average Bonchev–Trinajstić information content (AvgIpc) is 3.01. The maximum atomic E-state index is 15.2. The Balaban J connectivity index is 1.58. The SMILES string of the molecule is Cn1nc(N2CCC(=O)NC2=O)c2cc(F)c([C@@H]3CCN(CC(=O)OC(C)(C)C)CC3(F)F)cc21. The maximum Gasteiger partial charge on any atom is 0.329 e. The van der Waals surface area contributed by atoms with Crippen LogP contribution in [-0.2, 0) is 21.4 Å². The third kappa shape index (κ3) is 5.12. The van der Waals surface area contributed by atoms with E-state index in [1.54, 1.807) is 27.8 Å². The van der Waals surface area contributed by atoms with Gasteiger partial charge in [-0.15, -0.1) is 0 Å². The molecule has 0 radical (unpaired) electrons. The molecule has 1 aromatic carbocycles. The van der Waals surface area contributed by atoms with Gasteiger partial charge < -0.3 is 4.74 Å². The van der Waals surface area contributed by atoms with Gasteiger partial charge in [-0.2, -0.15) is 5.10 Å². The fourth-order valence-corrected chi connectivity index (χ4v) is 4.59. The summed E-state index contributed by atoms with van der Waals surface area (Å²) in [5.74, 6) is -6.37. The van der Waals surface area contributed by atoms with Crippen molar-refractivity contribution in [1.29, 1.82) is 0 Å². The van der Waals surface area contributed by atoms with E-state index in [2.05, 4.69) is 10.4 Å². The highest BCUT2D eigenvalue weighted by Crippen LogP contribution is 2.43. The van der Waals surface area contributed by atoms with Crippen molar-refractivity contribution in [3.05, 3.63) is 23.5 Å². The van der Waals surface area contributed by atoms with Crippen LogP contribution in [0.1, 0.15) is 45.1 Å². The number of amides is 3. The number of nitrogens with one attached hydrogen (secondary N) is 1. The normalized spacial score (nSPS) is 21.3. The van der Waals surface area contributed by atoms with E-state index in [0.29, 0.717) is 5.52 Å². The lowest BCUT2D eigenvalue weighted by Crippen LogP contribution is -2.50. The predicted octanol–water partition coefficient (Wildman–Crippen LogP) is 2.93. The van der Waals surface area contributed by atoms with Crippen LogP contribution in [0.25, 0.3) is 10.9 Å². The van der Waals surface area contributed by atoms with Crippen LogP contribution in [0.3, 0.4) is 0 Å². The van der Waals surface area contributed by atoms with Crippen LogP contribution in [0.4, 0.5) is 23.8 Å². The number of ether oxygens (including phenoxy) is 1. The molecule has 0 unspecified atom stereocenters. The summed E-state index contributed by atoms with van der Waals surface area (Å²) in [7, 11) is 1.57. The third-order valence-electron chi connectivity index (χ3n) is 6.09. The molecule has 3 heterocycles. The minimum absolute atomic E-state index is 0.0560. The van der Waals surface area contributed by atoms with Crippen molar-refractivity contribution in [3.63, 3.8) is 0 Å². The number of nitrogens with zero attached hydrogens (tertiary/aromatic N) is 4. The molecule has 0 saturated carbocycles. The second kappa shape index (κ2) is 8.81. The van der Waals surface area contributed by atoms with E-state index >= 15 is 13.2 Å². The summed E-state index contributed by atoms with van der Waals surface area (Å²) in [5, 5.41) is 6.75. The molecule has 2 aromatic rings. The molecule has 0 bridgehead atoms. The first-order valence-corrected chi connectivity index (χ1v) is 11.3. The van der Waals surface area contributed by atoms with Crippen LogP contribution < -0.4 is 10.2 Å². The topological polar surface area (TPSA) is 96.8 Å². The standard InChI is InChI=1S/C23H28F3N5O4/c1-22(2,3)35-19(33)11-30-7-5-15(23(25,26)12-30)13-10-17-14(9-16(13)24)20(28-29(17)4)31-8-6-18(32)27-21(31)34/h9-10,15H,5-8,11-12H2,1-4H3,(H,27,32,34)/t15-/m0/s1. The van der Waals surface area contributed by atoms with Crippen molar-refractivity contribution in [1.82, 2.24) is 20.0 Å². The Labute approximate surface area is 200 Å². The molecule has 1 aromatic heterocycles. The highest BCUT2D eigenvalue weighted by molar-refractivity contribution is 6.08. The number of anilines is 1. The zero-order chi connectivity index (χ0) is 25.7. The van der Waals surface area contributed by atoms with Gasteiger partial charge in [0.25, 0.3) is 5.92 Å². The second-order valence-corrected chi connectivity index (χ2v) is 9.99. The number of likely N-dealkylation sites (tertiary alicyclic amines) is 1. The zero-order valence-corrected chi connectivity index (χ0v) is 20.0. The monoisotopic (exact) mass is 495 g/mol. The zero-order valence-electron chi connectivity index (χ0n) is 20.0. The van der Waals surface area contributed by atoms with E-state index in [0.717, 1.165) is 6.07 Å². The summed E-state index contributed by atoms with van der Waals surface area (Å²) in [6.07, 6.45) is 0.0119. The molecule has 2 aliphatic rings. The smallest absolute Gasteiger partial charge is 0.329 e. The van der Waals surface area contributed by atoms with Gasteiger partial charge in [0.05, 0.1) is 24.5 Å². The Morgan fingerprint density at radius 3 is 2.60 bits per heavy atom. The minimum Gasteiger partial charge on any atom is -0.459 e. The summed E-state index contributed by atoms with van der Waals surface area (Å²) in [6.45, 7) is 4.38. The molecule has 1 atom stereocenters. The summed E-state index contributed by atoms with van der Waals surface area (Å²) < 4.78 is 52.2. The molecular weight excluding hydrogens is 467 g/mol. The number of fused-ring (bicyclic) bond motifs is 1. The third-order valence-corrected chi connectivity index (χ3v) is 6.09. The number of urea groups is 1. The largest absolute Gasteiger partial charge is 0.459 e. The van der Waals surface area contributed by atoms with E-state index in [1.165, 1.54) is 20.5 Å². The van der Waals surface area contributed by atoms with Gasteiger partial charge >= 0.3 is 12.0 Å². The van der Waals surface area contributed by atoms with E-state index < -0.39 is 47.7 Å². The average molecular weight is 496 g/mol. The lowest BCUT2D eigenvalue weighted by Gasteiger charge is -2.38.